The average Bonchev–Trinajstić information content (AvgIpc) is 3.68. The van der Waals surface area contributed by atoms with E-state index in [1.165, 1.54) is 27.0 Å². The highest BCUT2D eigenvalue weighted by Gasteiger charge is 2.53. The zero-order valence-electron chi connectivity index (χ0n) is 36.7. The lowest BCUT2D eigenvalue weighted by Gasteiger charge is -2.44. The van der Waals surface area contributed by atoms with E-state index < -0.39 is 152 Å². The Balaban J connectivity index is 0.000000215. The van der Waals surface area contributed by atoms with Crippen molar-refractivity contribution in [2.45, 2.75) is 0 Å². The van der Waals surface area contributed by atoms with Crippen molar-refractivity contribution in [1.29, 1.82) is 0 Å². The predicted molar refractivity (Wildman–Crippen MR) is 238 cm³/mol. The Hall–Kier alpha value is -7.87. The summed E-state index contributed by atoms with van der Waals surface area (Å²) >= 11 is 0. The third-order valence-corrected chi connectivity index (χ3v) is 15.6. The molecule has 1 nitrogen and oxygen atoms in total. The molecule has 7 aromatic carbocycles. The lowest BCUT2D eigenvalue weighted by molar-refractivity contribution is 0.378. The largest absolute Gasteiger partial charge is 0.334 e. The molecule has 2 aliphatic carbocycles. The Morgan fingerprint density at radius 1 is 0.240 bits per heavy atom. The highest BCUT2D eigenvalue weighted by atomic mass is 31.2. The summed E-state index contributed by atoms with van der Waals surface area (Å²) in [6, 6.07) is 46.7. The monoisotopic (exact) mass is 1080 g/mol. The third kappa shape index (κ3) is 8.48. The molecule has 384 valence electrons. The molecule has 0 spiro atoms. The lowest BCUT2D eigenvalue weighted by Crippen LogP contribution is -2.81. The van der Waals surface area contributed by atoms with E-state index in [0.717, 1.165) is 5.75 Å². The first kappa shape index (κ1) is 53.4. The Labute approximate surface area is 409 Å². The maximum atomic E-state index is 15.4. The van der Waals surface area contributed by atoms with Crippen LogP contribution < -0.4 is 42.3 Å². The van der Waals surface area contributed by atoms with Gasteiger partial charge in [-0.3, -0.25) is 0 Å². The Bertz CT molecular complexity index is 3130. The summed E-state index contributed by atoms with van der Waals surface area (Å²) in [5.41, 5.74) is -12.0. The summed E-state index contributed by atoms with van der Waals surface area (Å²) in [7, 11) is -2.35. The van der Waals surface area contributed by atoms with Gasteiger partial charge in [-0.15, -0.1) is 21.9 Å². The van der Waals surface area contributed by atoms with E-state index in [4.69, 9.17) is 4.52 Å². The number of benzene rings is 7. The molecule has 0 radical (unpaired) electrons. The number of rotatable bonds is 9. The van der Waals surface area contributed by atoms with Gasteiger partial charge in [0.1, 0.15) is 68.6 Å². The van der Waals surface area contributed by atoms with Gasteiger partial charge in [0.2, 0.25) is 0 Å². The first-order valence-electron chi connectivity index (χ1n) is 21.0. The van der Waals surface area contributed by atoms with E-state index in [-0.39, 0.29) is 0 Å². The summed E-state index contributed by atoms with van der Waals surface area (Å²) in [5, 5.41) is 3.62. The molecule has 2 aliphatic rings. The van der Waals surface area contributed by atoms with Crippen LogP contribution in [0.5, 0.6) is 5.75 Å². The molecule has 7 aromatic rings. The van der Waals surface area contributed by atoms with Crippen LogP contribution in [0.25, 0.3) is 11.1 Å². The zero-order chi connectivity index (χ0) is 54.6. The maximum absolute atomic E-state index is 15.4. The molecule has 0 atom stereocenters. The molecule has 0 saturated heterocycles. The van der Waals surface area contributed by atoms with Crippen molar-refractivity contribution in [2.24, 2.45) is 0 Å². The maximum Gasteiger partial charge on any atom is 0.287 e. The predicted octanol–water partition coefficient (Wildman–Crippen LogP) is 11.9. The molecule has 0 bridgehead atoms. The third-order valence-electron chi connectivity index (χ3n) is 12.0. The second-order valence-corrected chi connectivity index (χ2v) is 19.0. The van der Waals surface area contributed by atoms with Gasteiger partial charge in [-0.05, 0) is 59.7 Å². The van der Waals surface area contributed by atoms with Crippen molar-refractivity contribution in [2.75, 3.05) is 0 Å². The summed E-state index contributed by atoms with van der Waals surface area (Å²) in [6.07, 6.45) is -7.22. The molecule has 9 rings (SSSR count). The van der Waals surface area contributed by atoms with Gasteiger partial charge >= 0.3 is 0 Å². The summed E-state index contributed by atoms with van der Waals surface area (Å²) in [5.74, 6) is -70.5. The van der Waals surface area contributed by atoms with Crippen LogP contribution in [0.2, 0.25) is 0 Å². The molecule has 75 heavy (non-hydrogen) atoms. The molecule has 0 N–H and O–H groups in total. The van der Waals surface area contributed by atoms with E-state index >= 15 is 35.1 Å². The fourth-order valence-corrected chi connectivity index (χ4v) is 12.2. The first-order chi connectivity index (χ1) is 35.6. The number of fused-ring (bicyclic) bond motifs is 1. The second-order valence-electron chi connectivity index (χ2n) is 16.0. The van der Waals surface area contributed by atoms with Gasteiger partial charge in [0.25, 0.3) is 7.49 Å². The minimum atomic E-state index is -7.22. The lowest BCUT2D eigenvalue weighted by atomic mass is 9.12. The van der Waals surface area contributed by atoms with Gasteiger partial charge in [0.05, 0.1) is 0 Å². The van der Waals surface area contributed by atoms with E-state index in [2.05, 4.69) is 133 Å². The summed E-state index contributed by atoms with van der Waals surface area (Å²) in [6.45, 7) is 0. The molecule has 0 unspecified atom stereocenters. The zero-order valence-corrected chi connectivity index (χ0v) is 37.6. The van der Waals surface area contributed by atoms with Crippen LogP contribution in [0.1, 0.15) is 0 Å². The van der Waals surface area contributed by atoms with Gasteiger partial charge < -0.3 is 4.52 Å². The topological polar surface area (TPSA) is 9.23 Å². The standard InChI is InChI=1S/C28H22OP.C24BF20/c1-5-13-23-21-25(22-24(23)14-6-1)29-30(26-15-7-2-8-16-26,27-17-9-3-10-18-27)28-19-11-4-12-20-28;26-5-1(6(27)14(35)21(42)13(5)34)25(2-7(28)15(36)22(43)16(37)8(2)29,3-9(30)17(38)23(44)18(39)10(3)31)4-11(32)19(40)24(45)20(41)12(4)33/h1-22H;/q+1;-1. The van der Waals surface area contributed by atoms with Crippen LogP contribution in [0.4, 0.5) is 87.8 Å². The number of hydrogen-bond donors (Lipinski definition) is 0. The van der Waals surface area contributed by atoms with Gasteiger partial charge in [-0.25, -0.2) is 87.8 Å². The fourth-order valence-electron chi connectivity index (χ4n) is 8.79. The van der Waals surface area contributed by atoms with E-state index in [9.17, 15) is 52.7 Å². The normalized spacial score (nSPS) is 11.7. The Kier molecular flexibility index (Phi) is 14.6. The smallest absolute Gasteiger partial charge is 0.287 e. The molecule has 0 aromatic heterocycles. The van der Waals surface area contributed by atoms with Gasteiger partial charge in [-0.2, -0.15) is 0 Å². The van der Waals surface area contributed by atoms with Crippen molar-refractivity contribution in [1.82, 2.24) is 0 Å². The van der Waals surface area contributed by atoms with E-state index in [0.29, 0.717) is 0 Å². The van der Waals surface area contributed by atoms with Crippen molar-refractivity contribution >= 4 is 51.4 Å². The Morgan fingerprint density at radius 3 is 0.640 bits per heavy atom. The average molecular weight is 1080 g/mol. The minimum absolute atomic E-state index is 0.904. The molecule has 0 aliphatic heterocycles. The van der Waals surface area contributed by atoms with Crippen molar-refractivity contribution < 1.29 is 92.3 Å². The molecule has 0 fully saturated rings. The van der Waals surface area contributed by atoms with Crippen LogP contribution in [0.3, 0.4) is 0 Å². The minimum Gasteiger partial charge on any atom is -0.334 e. The Morgan fingerprint density at radius 2 is 0.427 bits per heavy atom. The molecular formula is C52H22BF20OP. The van der Waals surface area contributed by atoms with Gasteiger partial charge in [0.15, 0.2) is 75.6 Å². The van der Waals surface area contributed by atoms with Crippen LogP contribution in [0.15, 0.2) is 133 Å². The van der Waals surface area contributed by atoms with E-state index in [1.54, 1.807) is 0 Å². The quantitative estimate of drug-likeness (QED) is 0.0460. The first-order valence-corrected chi connectivity index (χ1v) is 22.7. The number of halogens is 20. The SMILES string of the molecule is Fc1c(F)c(F)c([B-](c2c(F)c(F)c(F)c(F)c2F)(c2c(F)c(F)c(F)c(F)c2F)c2c(F)c(F)c(F)c(F)c2F)c(F)c1F.c1ccc2cc(O[P+](c3ccccc3)(c3ccccc3)c3ccccc3)cc-2cc1. The van der Waals surface area contributed by atoms with Gasteiger partial charge in [0, 0.05) is 0 Å². The fraction of sp³-hybridized carbons (Fsp3) is 0. The number of hydrogen-bond acceptors (Lipinski definition) is 1. The second kappa shape index (κ2) is 20.4. The summed E-state index contributed by atoms with van der Waals surface area (Å²) in [4.78, 5) is 0. The molecular weight excluding hydrogens is 1060 g/mol. The van der Waals surface area contributed by atoms with Crippen LogP contribution in [0, 0.1) is 116 Å². The van der Waals surface area contributed by atoms with Crippen LogP contribution >= 0.6 is 7.49 Å². The molecule has 0 saturated carbocycles. The van der Waals surface area contributed by atoms with Gasteiger partial charge in [-0.1, -0.05) is 84.9 Å². The molecule has 0 heterocycles. The van der Waals surface area contributed by atoms with Crippen LogP contribution in [-0.4, -0.2) is 6.15 Å². The van der Waals surface area contributed by atoms with Crippen molar-refractivity contribution in [3.05, 3.63) is 250 Å². The molecule has 23 heteroatoms. The van der Waals surface area contributed by atoms with Crippen LogP contribution in [-0.2, 0) is 0 Å². The highest BCUT2D eigenvalue weighted by molar-refractivity contribution is 7.92. The summed E-state index contributed by atoms with van der Waals surface area (Å²) < 4.78 is 301. The van der Waals surface area contributed by atoms with E-state index in [1.807, 2.05) is 0 Å². The highest BCUT2D eigenvalue weighted by Crippen LogP contribution is 2.57. The van der Waals surface area contributed by atoms with Crippen molar-refractivity contribution in [3.8, 4) is 16.9 Å². The molecule has 0 amide bonds. The van der Waals surface area contributed by atoms with Crippen molar-refractivity contribution in [3.63, 3.8) is 0 Å².